The number of rotatable bonds is 5. The monoisotopic (exact) mass is 417 g/mol. The third-order valence-corrected chi connectivity index (χ3v) is 4.90. The van der Waals surface area contributed by atoms with Crippen molar-refractivity contribution >= 4 is 15.7 Å². The number of sulfone groups is 1. The molecule has 1 N–H and O–H groups in total. The van der Waals surface area contributed by atoms with E-state index in [1.807, 2.05) is 0 Å². The Balaban J connectivity index is 1.84. The normalized spacial score (nSPS) is 17.5. The van der Waals surface area contributed by atoms with E-state index in [-0.39, 0.29) is 23.2 Å². The zero-order chi connectivity index (χ0) is 20.5. The summed E-state index contributed by atoms with van der Waals surface area (Å²) in [6, 6.07) is 5.92. The van der Waals surface area contributed by atoms with Crippen molar-refractivity contribution in [2.24, 2.45) is 0 Å². The van der Waals surface area contributed by atoms with Gasteiger partial charge in [0.25, 0.3) is 0 Å². The van der Waals surface area contributed by atoms with E-state index in [0.717, 1.165) is 23.5 Å². The molecule has 1 aromatic heterocycles. The third-order valence-electron chi connectivity index (χ3n) is 3.80. The molecular weight excluding hydrogens is 402 g/mol. The Morgan fingerprint density at radius 1 is 1.25 bits per heavy atom. The summed E-state index contributed by atoms with van der Waals surface area (Å²) in [5.41, 5.74) is 2.64. The van der Waals surface area contributed by atoms with Gasteiger partial charge in [-0.2, -0.15) is 13.2 Å². The number of benzene rings is 1. The van der Waals surface area contributed by atoms with Gasteiger partial charge in [-0.25, -0.2) is 28.2 Å². The maximum atomic E-state index is 13.3. The molecule has 2 aromatic rings. The standard InChI is InChI=1S/C17H15F4N3O3S/c1-28(25,26)13-5-6-15(22-9-13)24-16(8-14(23-24)17(19,20)21)27-10-11-3-2-4-12(18)7-11/h2-9,14,23H,10H2,1H3. The Kier molecular flexibility index (Phi) is 5.31. The minimum absolute atomic E-state index is 0.00430. The summed E-state index contributed by atoms with van der Waals surface area (Å²) in [4.78, 5) is 3.82. The van der Waals surface area contributed by atoms with Gasteiger partial charge in [0, 0.05) is 18.5 Å². The lowest BCUT2D eigenvalue weighted by atomic mass is 10.2. The molecule has 1 atom stereocenters. The second-order valence-electron chi connectivity index (χ2n) is 6.03. The number of hydrogen-bond donors (Lipinski definition) is 1. The van der Waals surface area contributed by atoms with Crippen molar-refractivity contribution < 1.29 is 30.7 Å². The summed E-state index contributed by atoms with van der Waals surface area (Å²) in [6.07, 6.45) is -1.73. The van der Waals surface area contributed by atoms with E-state index in [1.54, 1.807) is 6.07 Å². The van der Waals surface area contributed by atoms with Gasteiger partial charge in [-0.3, -0.25) is 0 Å². The first-order valence-corrected chi connectivity index (χ1v) is 9.81. The van der Waals surface area contributed by atoms with Crippen LogP contribution in [0.3, 0.4) is 0 Å². The van der Waals surface area contributed by atoms with E-state index in [4.69, 9.17) is 4.74 Å². The first kappa shape index (κ1) is 20.1. The molecule has 3 rings (SSSR count). The van der Waals surface area contributed by atoms with Crippen LogP contribution in [-0.2, 0) is 21.2 Å². The summed E-state index contributed by atoms with van der Waals surface area (Å²) < 4.78 is 81.1. The molecule has 0 saturated heterocycles. The topological polar surface area (TPSA) is 71.5 Å². The molecular formula is C17H15F4N3O3S. The van der Waals surface area contributed by atoms with Gasteiger partial charge in [0.15, 0.2) is 9.84 Å². The molecule has 0 bridgehead atoms. The average Bonchev–Trinajstić information content (AvgIpc) is 3.04. The first-order chi connectivity index (χ1) is 13.0. The van der Waals surface area contributed by atoms with Crippen LogP contribution in [0.5, 0.6) is 0 Å². The quantitative estimate of drug-likeness (QED) is 0.755. The van der Waals surface area contributed by atoms with Crippen LogP contribution in [-0.4, -0.2) is 31.9 Å². The summed E-state index contributed by atoms with van der Waals surface area (Å²) in [7, 11) is -3.50. The minimum atomic E-state index is -4.59. The lowest BCUT2D eigenvalue weighted by Gasteiger charge is -2.23. The van der Waals surface area contributed by atoms with Gasteiger partial charge >= 0.3 is 6.18 Å². The van der Waals surface area contributed by atoms with Gasteiger partial charge in [-0.15, -0.1) is 0 Å². The number of nitrogens with zero attached hydrogens (tertiary/aromatic N) is 2. The third kappa shape index (κ3) is 4.60. The zero-order valence-corrected chi connectivity index (χ0v) is 15.3. The predicted octanol–water partition coefficient (Wildman–Crippen LogP) is 2.94. The lowest BCUT2D eigenvalue weighted by molar-refractivity contribution is -0.142. The van der Waals surface area contributed by atoms with Crippen molar-refractivity contribution in [2.45, 2.75) is 23.7 Å². The molecule has 0 saturated carbocycles. The smallest absolute Gasteiger partial charge is 0.409 e. The highest BCUT2D eigenvalue weighted by Crippen LogP contribution is 2.30. The number of hydrazine groups is 1. The molecule has 1 unspecified atom stereocenters. The molecule has 11 heteroatoms. The van der Waals surface area contributed by atoms with Crippen LogP contribution in [0, 0.1) is 5.82 Å². The molecule has 28 heavy (non-hydrogen) atoms. The molecule has 0 spiro atoms. The van der Waals surface area contributed by atoms with Gasteiger partial charge < -0.3 is 4.74 Å². The highest BCUT2D eigenvalue weighted by Gasteiger charge is 2.44. The van der Waals surface area contributed by atoms with Gasteiger partial charge in [0.05, 0.1) is 4.90 Å². The Bertz CT molecular complexity index is 991. The molecule has 1 aromatic carbocycles. The summed E-state index contributed by atoms with van der Waals surface area (Å²) in [5.74, 6) is -0.682. The van der Waals surface area contributed by atoms with E-state index < -0.39 is 27.9 Å². The average molecular weight is 417 g/mol. The second kappa shape index (κ2) is 7.40. The number of halogens is 4. The summed E-state index contributed by atoms with van der Waals surface area (Å²) >= 11 is 0. The fourth-order valence-corrected chi connectivity index (χ4v) is 2.98. The molecule has 0 aliphatic carbocycles. The molecule has 0 radical (unpaired) electrons. The Labute approximate surface area is 158 Å². The molecule has 1 aliphatic heterocycles. The number of alkyl halides is 3. The first-order valence-electron chi connectivity index (χ1n) is 7.92. The largest absolute Gasteiger partial charge is 0.473 e. The van der Waals surface area contributed by atoms with Gasteiger partial charge in [0.1, 0.15) is 24.3 Å². The predicted molar refractivity (Wildman–Crippen MR) is 92.1 cm³/mol. The van der Waals surface area contributed by atoms with Crippen molar-refractivity contribution in [3.8, 4) is 0 Å². The molecule has 0 amide bonds. The lowest BCUT2D eigenvalue weighted by Crippen LogP contribution is -2.45. The summed E-state index contributed by atoms with van der Waals surface area (Å²) in [5, 5.41) is 0.962. The fraction of sp³-hybridized carbons (Fsp3) is 0.235. The van der Waals surface area contributed by atoms with Gasteiger partial charge in [0.2, 0.25) is 5.88 Å². The number of ether oxygens (including phenoxy) is 1. The van der Waals surface area contributed by atoms with Gasteiger partial charge in [-0.1, -0.05) is 12.1 Å². The highest BCUT2D eigenvalue weighted by molar-refractivity contribution is 7.90. The highest BCUT2D eigenvalue weighted by atomic mass is 32.2. The van der Waals surface area contributed by atoms with Crippen molar-refractivity contribution in [3.63, 3.8) is 0 Å². The van der Waals surface area contributed by atoms with Gasteiger partial charge in [-0.05, 0) is 29.8 Å². The van der Waals surface area contributed by atoms with Crippen LogP contribution in [0.4, 0.5) is 23.4 Å². The SMILES string of the molecule is CS(=O)(=O)c1ccc(N2NC(C(F)(F)F)C=C2OCc2cccc(F)c2)nc1. The van der Waals surface area contributed by atoms with Crippen LogP contribution in [0.1, 0.15) is 5.56 Å². The number of anilines is 1. The molecule has 0 fully saturated rings. The number of pyridine rings is 1. The maximum Gasteiger partial charge on any atom is 0.409 e. The zero-order valence-electron chi connectivity index (χ0n) is 14.4. The van der Waals surface area contributed by atoms with Crippen LogP contribution < -0.4 is 10.4 Å². The second-order valence-corrected chi connectivity index (χ2v) is 8.05. The number of hydrogen-bond acceptors (Lipinski definition) is 6. The maximum absolute atomic E-state index is 13.3. The minimum Gasteiger partial charge on any atom is -0.473 e. The van der Waals surface area contributed by atoms with E-state index in [0.29, 0.717) is 5.56 Å². The molecule has 2 heterocycles. The Morgan fingerprint density at radius 2 is 2.00 bits per heavy atom. The van der Waals surface area contributed by atoms with Crippen molar-refractivity contribution in [1.82, 2.24) is 10.4 Å². The van der Waals surface area contributed by atoms with Crippen LogP contribution in [0.2, 0.25) is 0 Å². The molecule has 6 nitrogen and oxygen atoms in total. The van der Waals surface area contributed by atoms with E-state index in [2.05, 4.69) is 10.4 Å². The van der Waals surface area contributed by atoms with Crippen molar-refractivity contribution in [2.75, 3.05) is 11.3 Å². The van der Waals surface area contributed by atoms with E-state index in [1.165, 1.54) is 30.3 Å². The molecule has 150 valence electrons. The number of aromatic nitrogens is 1. The van der Waals surface area contributed by atoms with E-state index in [9.17, 15) is 26.0 Å². The number of nitrogens with one attached hydrogen (secondary N) is 1. The fourth-order valence-electron chi connectivity index (χ4n) is 2.42. The van der Waals surface area contributed by atoms with Crippen LogP contribution in [0.25, 0.3) is 0 Å². The van der Waals surface area contributed by atoms with Crippen molar-refractivity contribution in [3.05, 3.63) is 65.9 Å². The summed E-state index contributed by atoms with van der Waals surface area (Å²) in [6.45, 7) is -0.173. The molecule has 1 aliphatic rings. The van der Waals surface area contributed by atoms with Crippen LogP contribution >= 0.6 is 0 Å². The van der Waals surface area contributed by atoms with Crippen molar-refractivity contribution in [1.29, 1.82) is 0 Å². The van der Waals surface area contributed by atoms with E-state index >= 15 is 0 Å². The van der Waals surface area contributed by atoms with Crippen LogP contribution in [0.15, 0.2) is 59.4 Å². The Morgan fingerprint density at radius 3 is 2.57 bits per heavy atom. The Hall–Kier alpha value is -2.66.